The summed E-state index contributed by atoms with van der Waals surface area (Å²) in [5, 5.41) is 28.7. The zero-order valence-corrected chi connectivity index (χ0v) is 27.5. The molecule has 12 heteroatoms. The fourth-order valence-corrected chi connectivity index (χ4v) is 7.87. The van der Waals surface area contributed by atoms with Gasteiger partial charge in [-0.05, 0) is 62.8 Å². The molecule has 0 bridgehead atoms. The molecule has 1 heterocycles. The second kappa shape index (κ2) is 14.1. The lowest BCUT2D eigenvalue weighted by molar-refractivity contribution is -0.131. The van der Waals surface area contributed by atoms with Gasteiger partial charge in [-0.25, -0.2) is 8.42 Å². The monoisotopic (exact) mass is 640 g/mol. The van der Waals surface area contributed by atoms with Crippen LogP contribution in [0.3, 0.4) is 0 Å². The maximum Gasteiger partial charge on any atom is 0.239 e. The number of β-amino-alcohol motifs (C(OH)–C–C–N with tert-alkyl or cyclic N) is 1. The number of hydrogen-bond donors (Lipinski definition) is 4. The number of fused-ring (bicyclic) bond motifs is 1. The SMILES string of the molecule is CC(C)(C)NC(=O)[C@@H]1CN(S(C)(=O)=O)CCN1C[C@@H](O)C[C@@H](CC1CCCCC1)C(=O)N[C@H]1c2cc(Cl)ccc2C[C@H]1O. The average molecular weight is 641 g/mol. The molecular weight excluding hydrogens is 592 g/mol. The molecule has 4 N–H and O–H groups in total. The maximum atomic E-state index is 13.8. The maximum absolute atomic E-state index is 13.8. The topological polar surface area (TPSA) is 139 Å². The molecule has 2 fully saturated rings. The van der Waals surface area contributed by atoms with Crippen molar-refractivity contribution < 1.29 is 28.2 Å². The molecule has 242 valence electrons. The Morgan fingerprint density at radius 2 is 1.84 bits per heavy atom. The van der Waals surface area contributed by atoms with E-state index in [1.165, 1.54) is 10.7 Å². The zero-order chi connectivity index (χ0) is 31.5. The fraction of sp³-hybridized carbons (Fsp3) is 0.742. The highest BCUT2D eigenvalue weighted by atomic mass is 35.5. The fourth-order valence-electron chi connectivity index (χ4n) is 6.86. The van der Waals surface area contributed by atoms with Crippen molar-refractivity contribution in [2.24, 2.45) is 11.8 Å². The summed E-state index contributed by atoms with van der Waals surface area (Å²) in [5.41, 5.74) is 1.27. The molecule has 1 saturated carbocycles. The lowest BCUT2D eigenvalue weighted by atomic mass is 9.80. The Morgan fingerprint density at radius 1 is 1.14 bits per heavy atom. The van der Waals surface area contributed by atoms with E-state index in [9.17, 15) is 28.2 Å². The molecule has 0 aromatic heterocycles. The van der Waals surface area contributed by atoms with Gasteiger partial charge in [-0.1, -0.05) is 49.8 Å². The van der Waals surface area contributed by atoms with Crippen LogP contribution < -0.4 is 10.6 Å². The minimum Gasteiger partial charge on any atom is -0.392 e. The van der Waals surface area contributed by atoms with Crippen molar-refractivity contribution >= 4 is 33.4 Å². The second-order valence-electron chi connectivity index (χ2n) is 13.8. The third kappa shape index (κ3) is 9.37. The Hall–Kier alpha value is -1.76. The van der Waals surface area contributed by atoms with Crippen LogP contribution in [0.5, 0.6) is 0 Å². The minimum atomic E-state index is -3.49. The van der Waals surface area contributed by atoms with E-state index in [4.69, 9.17) is 11.6 Å². The average Bonchev–Trinajstić information content (AvgIpc) is 3.21. The third-order valence-electron chi connectivity index (χ3n) is 8.99. The highest BCUT2D eigenvalue weighted by Crippen LogP contribution is 2.35. The van der Waals surface area contributed by atoms with Crippen molar-refractivity contribution in [2.45, 2.75) is 102 Å². The number of rotatable bonds is 10. The van der Waals surface area contributed by atoms with Crippen LogP contribution in [0.1, 0.15) is 82.9 Å². The number of nitrogens with zero attached hydrogens (tertiary/aromatic N) is 2. The van der Waals surface area contributed by atoms with Gasteiger partial charge in [-0.2, -0.15) is 4.31 Å². The smallest absolute Gasteiger partial charge is 0.239 e. The first-order valence-corrected chi connectivity index (χ1v) is 17.8. The molecule has 4 rings (SSSR count). The van der Waals surface area contributed by atoms with Gasteiger partial charge in [0.1, 0.15) is 6.04 Å². The number of halogens is 1. The summed E-state index contributed by atoms with van der Waals surface area (Å²) in [6.45, 7) is 6.24. The van der Waals surface area contributed by atoms with Crippen LogP contribution in [-0.2, 0) is 26.0 Å². The van der Waals surface area contributed by atoms with Crippen LogP contribution in [0.15, 0.2) is 18.2 Å². The summed E-state index contributed by atoms with van der Waals surface area (Å²) in [4.78, 5) is 28.9. The van der Waals surface area contributed by atoms with Crippen LogP contribution in [0.2, 0.25) is 5.02 Å². The van der Waals surface area contributed by atoms with Crippen molar-refractivity contribution in [2.75, 3.05) is 32.4 Å². The van der Waals surface area contributed by atoms with E-state index in [0.717, 1.165) is 43.1 Å². The number of piperazine rings is 1. The van der Waals surface area contributed by atoms with Gasteiger partial charge in [-0.15, -0.1) is 0 Å². The standard InChI is InChI=1S/C31H49ClN4O6S/c1-31(2,3)34-30(40)26-19-36(43(4,41)42)13-12-35(26)18-24(37)15-22(14-20-8-6-5-7-9-20)29(39)33-28-25-17-23(32)11-10-21(25)16-27(28)38/h10-11,17,20,22,24,26-28,37-38H,5-9,12-16,18-19H2,1-4H3,(H,33,39)(H,34,40)/t22-,24+,26+,27-,28+/m1/s1. The highest BCUT2D eigenvalue weighted by Gasteiger charge is 2.39. The predicted molar refractivity (Wildman–Crippen MR) is 167 cm³/mol. The Balaban J connectivity index is 1.48. The molecule has 2 aliphatic carbocycles. The van der Waals surface area contributed by atoms with Crippen LogP contribution in [-0.4, -0.2) is 95.9 Å². The molecule has 10 nitrogen and oxygen atoms in total. The number of carbonyl (C=O) groups excluding carboxylic acids is 2. The summed E-state index contributed by atoms with van der Waals surface area (Å²) in [6.07, 6.45) is 6.29. The largest absolute Gasteiger partial charge is 0.392 e. The minimum absolute atomic E-state index is 0.000985. The summed E-state index contributed by atoms with van der Waals surface area (Å²) in [6, 6.07) is 4.12. The first-order chi connectivity index (χ1) is 20.1. The zero-order valence-electron chi connectivity index (χ0n) is 25.9. The molecule has 0 spiro atoms. The van der Waals surface area contributed by atoms with Crippen LogP contribution >= 0.6 is 11.6 Å². The summed E-state index contributed by atoms with van der Waals surface area (Å²) < 4.78 is 25.9. The summed E-state index contributed by atoms with van der Waals surface area (Å²) in [5.74, 6) is -0.592. The van der Waals surface area contributed by atoms with Crippen LogP contribution in [0, 0.1) is 11.8 Å². The van der Waals surface area contributed by atoms with Crippen molar-refractivity contribution in [3.63, 3.8) is 0 Å². The van der Waals surface area contributed by atoms with E-state index in [2.05, 4.69) is 10.6 Å². The van der Waals surface area contributed by atoms with Gasteiger partial charge < -0.3 is 20.8 Å². The van der Waals surface area contributed by atoms with E-state index in [-0.39, 0.29) is 44.4 Å². The van der Waals surface area contributed by atoms with E-state index < -0.39 is 45.8 Å². The molecule has 0 unspecified atom stereocenters. The lowest BCUT2D eigenvalue weighted by Crippen LogP contribution is -2.62. The number of aliphatic hydroxyl groups excluding tert-OH is 2. The number of benzene rings is 1. The van der Waals surface area contributed by atoms with E-state index in [1.807, 2.05) is 31.7 Å². The Morgan fingerprint density at radius 3 is 2.49 bits per heavy atom. The van der Waals surface area contributed by atoms with E-state index >= 15 is 0 Å². The number of nitrogens with one attached hydrogen (secondary N) is 2. The van der Waals surface area contributed by atoms with Crippen LogP contribution in [0.25, 0.3) is 0 Å². The predicted octanol–water partition coefficient (Wildman–Crippen LogP) is 2.61. The Labute approximate surface area is 261 Å². The van der Waals surface area contributed by atoms with Gasteiger partial charge >= 0.3 is 0 Å². The first kappa shape index (κ1) is 34.1. The van der Waals surface area contributed by atoms with Gasteiger partial charge in [0.2, 0.25) is 21.8 Å². The second-order valence-corrected chi connectivity index (χ2v) is 16.2. The van der Waals surface area contributed by atoms with Gasteiger partial charge in [0.15, 0.2) is 0 Å². The molecule has 1 aromatic carbocycles. The Bertz CT molecular complexity index is 1250. The van der Waals surface area contributed by atoms with E-state index in [1.54, 1.807) is 12.1 Å². The molecule has 2 amide bonds. The molecule has 5 atom stereocenters. The quantitative estimate of drug-likeness (QED) is 0.308. The molecule has 1 aliphatic heterocycles. The molecular formula is C31H49ClN4O6S. The number of amides is 2. The van der Waals surface area contributed by atoms with Gasteiger partial charge in [0.05, 0.1) is 24.5 Å². The molecule has 1 saturated heterocycles. The Kier molecular flexibility index (Phi) is 11.2. The number of hydrogen-bond acceptors (Lipinski definition) is 7. The molecule has 43 heavy (non-hydrogen) atoms. The molecule has 1 aromatic rings. The summed E-state index contributed by atoms with van der Waals surface area (Å²) in [7, 11) is -3.49. The van der Waals surface area contributed by atoms with Crippen molar-refractivity contribution in [3.8, 4) is 0 Å². The number of carbonyl (C=O) groups is 2. The highest BCUT2D eigenvalue weighted by molar-refractivity contribution is 7.88. The van der Waals surface area contributed by atoms with Gasteiger partial charge in [0, 0.05) is 49.1 Å². The van der Waals surface area contributed by atoms with Gasteiger partial charge in [0.25, 0.3) is 0 Å². The van der Waals surface area contributed by atoms with Crippen molar-refractivity contribution in [1.29, 1.82) is 0 Å². The number of aliphatic hydroxyl groups is 2. The van der Waals surface area contributed by atoms with Crippen molar-refractivity contribution in [3.05, 3.63) is 34.3 Å². The van der Waals surface area contributed by atoms with Gasteiger partial charge in [-0.3, -0.25) is 14.5 Å². The third-order valence-corrected chi connectivity index (χ3v) is 10.5. The summed E-state index contributed by atoms with van der Waals surface area (Å²) >= 11 is 6.23. The van der Waals surface area contributed by atoms with Crippen LogP contribution in [0.4, 0.5) is 0 Å². The molecule has 0 radical (unpaired) electrons. The normalized spacial score (nSPS) is 25.6. The van der Waals surface area contributed by atoms with E-state index in [0.29, 0.717) is 23.8 Å². The number of sulfonamides is 1. The van der Waals surface area contributed by atoms with Crippen molar-refractivity contribution in [1.82, 2.24) is 19.8 Å². The molecule has 3 aliphatic rings. The first-order valence-electron chi connectivity index (χ1n) is 15.6. The lowest BCUT2D eigenvalue weighted by Gasteiger charge is -2.41.